The molecule has 0 bridgehead atoms. The average Bonchev–Trinajstić information content (AvgIpc) is 3.47. The number of hydrogen-bond acceptors (Lipinski definition) is 5. The van der Waals surface area contributed by atoms with Gasteiger partial charge < -0.3 is 9.80 Å². The van der Waals surface area contributed by atoms with Gasteiger partial charge in [0.2, 0.25) is 0 Å². The maximum Gasteiger partial charge on any atom is 0.276 e. The molecule has 0 radical (unpaired) electrons. The fourth-order valence-corrected chi connectivity index (χ4v) is 4.13. The first-order valence-electron chi connectivity index (χ1n) is 10.2. The van der Waals surface area contributed by atoms with Crippen LogP contribution in [0, 0.1) is 6.92 Å². The molecule has 2 amide bonds. The van der Waals surface area contributed by atoms with Crippen LogP contribution in [-0.4, -0.2) is 78.0 Å². The van der Waals surface area contributed by atoms with Crippen molar-refractivity contribution < 1.29 is 18.4 Å². The highest BCUT2D eigenvalue weighted by molar-refractivity contribution is 5.95. The number of alkyl halides is 2. The van der Waals surface area contributed by atoms with E-state index in [4.69, 9.17) is 0 Å². The first kappa shape index (κ1) is 20.4. The molecule has 9 nitrogen and oxygen atoms in total. The van der Waals surface area contributed by atoms with Gasteiger partial charge >= 0.3 is 0 Å². The molecular weight excluding hydrogens is 396 g/mol. The minimum Gasteiger partial charge on any atom is -0.337 e. The molecule has 2 aliphatic rings. The summed E-state index contributed by atoms with van der Waals surface area (Å²) in [7, 11) is 0. The van der Waals surface area contributed by atoms with Gasteiger partial charge in [-0.05, 0) is 26.7 Å². The molecule has 0 aliphatic carbocycles. The largest absolute Gasteiger partial charge is 0.337 e. The second-order valence-electron chi connectivity index (χ2n) is 7.96. The molecule has 2 aliphatic heterocycles. The lowest BCUT2D eigenvalue weighted by Gasteiger charge is -2.23. The SMILES string of the molecule is CCn1cc(C(=O)N2CC(F)(F)C[C@H]2Cn2cc(C(=O)N3CCCC3)nn2)c(C)n1. The Morgan fingerprint density at radius 1 is 1.17 bits per heavy atom. The van der Waals surface area contributed by atoms with Gasteiger partial charge in [-0.15, -0.1) is 5.10 Å². The van der Waals surface area contributed by atoms with Crippen LogP contribution in [0.3, 0.4) is 0 Å². The van der Waals surface area contributed by atoms with Gasteiger partial charge in [-0.1, -0.05) is 5.21 Å². The third kappa shape index (κ3) is 3.92. The topological polar surface area (TPSA) is 89.2 Å². The van der Waals surface area contributed by atoms with Crippen LogP contribution >= 0.6 is 0 Å². The van der Waals surface area contributed by atoms with E-state index < -0.39 is 30.8 Å². The lowest BCUT2D eigenvalue weighted by Crippen LogP contribution is -2.39. The van der Waals surface area contributed by atoms with Crippen LogP contribution in [0.4, 0.5) is 8.78 Å². The number of carbonyl (C=O) groups excluding carboxylic acids is 2. The minimum atomic E-state index is -2.98. The van der Waals surface area contributed by atoms with E-state index in [0.717, 1.165) is 12.8 Å². The Hall–Kier alpha value is -2.85. The molecule has 4 heterocycles. The predicted molar refractivity (Wildman–Crippen MR) is 102 cm³/mol. The number of aromatic nitrogens is 5. The zero-order chi connectivity index (χ0) is 21.5. The number of halogens is 2. The maximum atomic E-state index is 14.2. The molecular formula is C19H25F2N7O2. The van der Waals surface area contributed by atoms with Crippen molar-refractivity contribution in [3.63, 3.8) is 0 Å². The summed E-state index contributed by atoms with van der Waals surface area (Å²) < 4.78 is 31.4. The smallest absolute Gasteiger partial charge is 0.276 e. The highest BCUT2D eigenvalue weighted by Crippen LogP contribution is 2.34. The van der Waals surface area contributed by atoms with Gasteiger partial charge in [0.25, 0.3) is 17.7 Å². The summed E-state index contributed by atoms with van der Waals surface area (Å²) in [6, 6.07) is -0.756. The van der Waals surface area contributed by atoms with Gasteiger partial charge in [0, 0.05) is 32.3 Å². The Labute approximate surface area is 172 Å². The summed E-state index contributed by atoms with van der Waals surface area (Å²) in [5.74, 6) is -3.65. The summed E-state index contributed by atoms with van der Waals surface area (Å²) in [6.45, 7) is 4.93. The van der Waals surface area contributed by atoms with Crippen molar-refractivity contribution in [2.45, 2.75) is 58.2 Å². The number of amides is 2. The molecule has 0 N–H and O–H groups in total. The highest BCUT2D eigenvalue weighted by atomic mass is 19.3. The lowest BCUT2D eigenvalue weighted by atomic mass is 10.1. The van der Waals surface area contributed by atoms with E-state index in [0.29, 0.717) is 30.9 Å². The summed E-state index contributed by atoms with van der Waals surface area (Å²) in [6.07, 6.45) is 4.52. The molecule has 0 aromatic carbocycles. The van der Waals surface area contributed by atoms with E-state index >= 15 is 0 Å². The average molecular weight is 421 g/mol. The van der Waals surface area contributed by atoms with Gasteiger partial charge in [0.1, 0.15) is 0 Å². The molecule has 0 unspecified atom stereocenters. The van der Waals surface area contributed by atoms with Crippen LogP contribution in [0.15, 0.2) is 12.4 Å². The monoisotopic (exact) mass is 421 g/mol. The van der Waals surface area contributed by atoms with Crippen LogP contribution in [0.1, 0.15) is 52.7 Å². The van der Waals surface area contributed by atoms with E-state index in [9.17, 15) is 18.4 Å². The third-order valence-corrected chi connectivity index (χ3v) is 5.69. The van der Waals surface area contributed by atoms with Crippen molar-refractivity contribution in [3.8, 4) is 0 Å². The number of aryl methyl sites for hydroxylation is 2. The van der Waals surface area contributed by atoms with Gasteiger partial charge in [-0.3, -0.25) is 14.3 Å². The minimum absolute atomic E-state index is 0.0442. The molecule has 0 spiro atoms. The standard InChI is InChI=1S/C19H25F2N7O2/c1-3-26-10-15(13(2)23-26)17(29)28-12-19(20,21)8-14(28)9-27-11-16(22-24-27)18(30)25-6-4-5-7-25/h10-11,14H,3-9,12H2,1-2H3/t14-/m0/s1. The van der Waals surface area contributed by atoms with Crippen LogP contribution in [0.2, 0.25) is 0 Å². The molecule has 30 heavy (non-hydrogen) atoms. The van der Waals surface area contributed by atoms with Gasteiger partial charge in [-0.2, -0.15) is 5.10 Å². The van der Waals surface area contributed by atoms with Crippen molar-refractivity contribution in [3.05, 3.63) is 29.3 Å². The van der Waals surface area contributed by atoms with Crippen LogP contribution in [-0.2, 0) is 13.1 Å². The molecule has 162 valence electrons. The summed E-state index contributed by atoms with van der Waals surface area (Å²) in [5.41, 5.74) is 1.03. The molecule has 2 aromatic rings. The molecule has 2 fully saturated rings. The van der Waals surface area contributed by atoms with E-state index in [1.807, 2.05) is 6.92 Å². The first-order valence-corrected chi connectivity index (χ1v) is 10.2. The Morgan fingerprint density at radius 3 is 2.57 bits per heavy atom. The third-order valence-electron chi connectivity index (χ3n) is 5.69. The quantitative estimate of drug-likeness (QED) is 0.732. The number of rotatable bonds is 5. The van der Waals surface area contributed by atoms with E-state index in [1.54, 1.807) is 22.7 Å². The fourth-order valence-electron chi connectivity index (χ4n) is 4.13. The Bertz CT molecular complexity index is 949. The molecule has 4 rings (SSSR count). The normalized spacial score (nSPS) is 20.9. The highest BCUT2D eigenvalue weighted by Gasteiger charge is 2.47. The summed E-state index contributed by atoms with van der Waals surface area (Å²) in [4.78, 5) is 28.3. The molecule has 1 atom stereocenters. The Balaban J connectivity index is 1.51. The van der Waals surface area contributed by atoms with Crippen molar-refractivity contribution in [1.29, 1.82) is 0 Å². The summed E-state index contributed by atoms with van der Waals surface area (Å²) >= 11 is 0. The van der Waals surface area contributed by atoms with E-state index in [1.165, 1.54) is 15.8 Å². The maximum absolute atomic E-state index is 14.2. The van der Waals surface area contributed by atoms with Crippen molar-refractivity contribution in [2.75, 3.05) is 19.6 Å². The second-order valence-corrected chi connectivity index (χ2v) is 7.96. The van der Waals surface area contributed by atoms with E-state index in [-0.39, 0.29) is 18.1 Å². The van der Waals surface area contributed by atoms with Crippen LogP contribution < -0.4 is 0 Å². The molecule has 2 saturated heterocycles. The Morgan fingerprint density at radius 2 is 1.90 bits per heavy atom. The second kappa shape index (κ2) is 7.77. The Kier molecular flexibility index (Phi) is 5.29. The molecule has 2 aromatic heterocycles. The number of nitrogens with zero attached hydrogens (tertiary/aromatic N) is 7. The molecule has 11 heteroatoms. The van der Waals surface area contributed by atoms with Crippen molar-refractivity contribution >= 4 is 11.8 Å². The molecule has 0 saturated carbocycles. The zero-order valence-electron chi connectivity index (χ0n) is 17.1. The van der Waals surface area contributed by atoms with Gasteiger partial charge in [-0.25, -0.2) is 13.5 Å². The lowest BCUT2D eigenvalue weighted by molar-refractivity contribution is 0.0117. The van der Waals surface area contributed by atoms with Crippen molar-refractivity contribution in [2.24, 2.45) is 0 Å². The van der Waals surface area contributed by atoms with Crippen molar-refractivity contribution in [1.82, 2.24) is 34.6 Å². The predicted octanol–water partition coefficient (Wildman–Crippen LogP) is 1.59. The fraction of sp³-hybridized carbons (Fsp3) is 0.632. The van der Waals surface area contributed by atoms with Crippen LogP contribution in [0.5, 0.6) is 0 Å². The van der Waals surface area contributed by atoms with Gasteiger partial charge in [0.15, 0.2) is 5.69 Å². The number of carbonyl (C=O) groups is 2. The van der Waals surface area contributed by atoms with Crippen LogP contribution in [0.25, 0.3) is 0 Å². The number of hydrogen-bond donors (Lipinski definition) is 0. The number of likely N-dealkylation sites (tertiary alicyclic amines) is 2. The van der Waals surface area contributed by atoms with E-state index in [2.05, 4.69) is 15.4 Å². The zero-order valence-corrected chi connectivity index (χ0v) is 17.1. The summed E-state index contributed by atoms with van der Waals surface area (Å²) in [5, 5.41) is 12.1. The van der Waals surface area contributed by atoms with Gasteiger partial charge in [0.05, 0.1) is 36.6 Å². The first-order chi connectivity index (χ1) is 14.3.